The quantitative estimate of drug-likeness (QED) is 0.471. The van der Waals surface area contributed by atoms with E-state index in [4.69, 9.17) is 16.7 Å². The van der Waals surface area contributed by atoms with E-state index in [-0.39, 0.29) is 6.61 Å². The van der Waals surface area contributed by atoms with Crippen molar-refractivity contribution in [2.45, 2.75) is 25.3 Å². The van der Waals surface area contributed by atoms with Gasteiger partial charge in [-0.3, -0.25) is 4.90 Å². The molecule has 0 aliphatic rings. The van der Waals surface area contributed by atoms with Crippen LogP contribution < -0.4 is 0 Å². The summed E-state index contributed by atoms with van der Waals surface area (Å²) in [6.07, 6.45) is 1.93. The van der Waals surface area contributed by atoms with Gasteiger partial charge in [0.25, 0.3) is 0 Å². The first kappa shape index (κ1) is 24.1. The predicted octanol–water partition coefficient (Wildman–Crippen LogP) is 5.16. The van der Waals surface area contributed by atoms with E-state index in [9.17, 15) is 5.11 Å². The topological polar surface area (TPSA) is 43.7 Å². The first-order chi connectivity index (χ1) is 14.8. The maximum absolute atomic E-state index is 9.51. The summed E-state index contributed by atoms with van der Waals surface area (Å²) < 4.78 is 0. The molecule has 1 atom stereocenters. The van der Waals surface area contributed by atoms with Gasteiger partial charge in [0.15, 0.2) is 0 Å². The lowest BCUT2D eigenvalue weighted by Crippen LogP contribution is -2.29. The number of hydrogen-bond donors (Lipinski definition) is 2. The highest BCUT2D eigenvalue weighted by atomic mass is 35.5. The van der Waals surface area contributed by atoms with Gasteiger partial charge < -0.3 is 10.2 Å². The van der Waals surface area contributed by atoms with Crippen molar-refractivity contribution in [3.8, 4) is 0 Å². The molecule has 0 aromatic heterocycles. The van der Waals surface area contributed by atoms with Gasteiger partial charge in [-0.15, -0.1) is 0 Å². The summed E-state index contributed by atoms with van der Waals surface area (Å²) in [5, 5.41) is 17.3. The highest BCUT2D eigenvalue weighted by Crippen LogP contribution is 2.28. The molecule has 0 amide bonds. The van der Waals surface area contributed by atoms with E-state index in [1.54, 1.807) is 0 Å². The zero-order valence-corrected chi connectivity index (χ0v) is 18.4. The Balaban J connectivity index is 0.00000155. The van der Waals surface area contributed by atoms with Crippen molar-refractivity contribution in [1.29, 1.82) is 0 Å². The Bertz CT molecular complexity index is 827. The van der Waals surface area contributed by atoms with Crippen molar-refractivity contribution in [2.24, 2.45) is 0 Å². The van der Waals surface area contributed by atoms with Gasteiger partial charge in [-0.1, -0.05) is 90.5 Å². The fourth-order valence-corrected chi connectivity index (χ4v) is 3.85. The van der Waals surface area contributed by atoms with Crippen LogP contribution in [0.15, 0.2) is 84.9 Å². The standard InChI is InChI=1S/C25H28ClNO.CH4O/c26-25-14-8-7-13-24(25)19-23(22-11-5-2-6-12-22)15-16-27(17-18-28)20-21-9-3-1-4-10-21;1-2/h1-14,23,28H,15-20H2;2H,1H3/t23-;/m0./s1. The molecule has 160 valence electrons. The van der Waals surface area contributed by atoms with Gasteiger partial charge in [-0.2, -0.15) is 0 Å². The highest BCUT2D eigenvalue weighted by molar-refractivity contribution is 6.31. The number of aliphatic hydroxyl groups excluding tert-OH is 2. The van der Waals surface area contributed by atoms with E-state index >= 15 is 0 Å². The minimum Gasteiger partial charge on any atom is -0.400 e. The van der Waals surface area contributed by atoms with Crippen molar-refractivity contribution in [3.63, 3.8) is 0 Å². The molecular weight excluding hydrogens is 394 g/mol. The second-order valence-corrected chi connectivity index (χ2v) is 7.58. The first-order valence-corrected chi connectivity index (χ1v) is 10.7. The zero-order valence-electron chi connectivity index (χ0n) is 17.6. The van der Waals surface area contributed by atoms with Crippen molar-refractivity contribution in [1.82, 2.24) is 4.90 Å². The highest BCUT2D eigenvalue weighted by Gasteiger charge is 2.16. The normalized spacial score (nSPS) is 11.6. The van der Waals surface area contributed by atoms with E-state index in [0.717, 1.165) is 38.1 Å². The summed E-state index contributed by atoms with van der Waals surface area (Å²) in [6, 6.07) is 29.2. The molecule has 0 aliphatic carbocycles. The number of rotatable bonds is 10. The van der Waals surface area contributed by atoms with E-state index in [2.05, 4.69) is 71.6 Å². The lowest BCUT2D eigenvalue weighted by molar-refractivity contribution is 0.185. The molecule has 3 aromatic rings. The molecule has 0 spiro atoms. The van der Waals surface area contributed by atoms with Gasteiger partial charge in [0.2, 0.25) is 0 Å². The molecule has 30 heavy (non-hydrogen) atoms. The monoisotopic (exact) mass is 425 g/mol. The third-order valence-electron chi connectivity index (χ3n) is 5.15. The molecule has 4 heteroatoms. The zero-order chi connectivity index (χ0) is 21.6. The largest absolute Gasteiger partial charge is 0.400 e. The fraction of sp³-hybridized carbons (Fsp3) is 0.308. The van der Waals surface area contributed by atoms with Crippen LogP contribution in [0.5, 0.6) is 0 Å². The van der Waals surface area contributed by atoms with Crippen LogP contribution in [0, 0.1) is 0 Å². The molecular formula is C26H32ClNO2. The number of nitrogens with zero attached hydrogens (tertiary/aromatic N) is 1. The molecule has 0 saturated carbocycles. The van der Waals surface area contributed by atoms with Gasteiger partial charge in [0, 0.05) is 25.2 Å². The van der Waals surface area contributed by atoms with Crippen molar-refractivity contribution in [3.05, 3.63) is 107 Å². The molecule has 3 nitrogen and oxygen atoms in total. The average molecular weight is 426 g/mol. The summed E-state index contributed by atoms with van der Waals surface area (Å²) in [5.74, 6) is 0.387. The summed E-state index contributed by atoms with van der Waals surface area (Å²) in [6.45, 7) is 2.64. The Kier molecular flexibility index (Phi) is 11.2. The van der Waals surface area contributed by atoms with Gasteiger partial charge in [-0.05, 0) is 48.1 Å². The SMILES string of the molecule is CO.OCCN(CC[C@@H](Cc1ccccc1Cl)c1ccccc1)Cc1ccccc1. The van der Waals surface area contributed by atoms with Crippen LogP contribution in [0.4, 0.5) is 0 Å². The van der Waals surface area contributed by atoms with E-state index in [1.165, 1.54) is 16.7 Å². The summed E-state index contributed by atoms with van der Waals surface area (Å²) in [4.78, 5) is 2.33. The Morgan fingerprint density at radius 1 is 0.800 bits per heavy atom. The molecule has 0 bridgehead atoms. The number of hydrogen-bond acceptors (Lipinski definition) is 3. The van der Waals surface area contributed by atoms with Crippen molar-refractivity contribution in [2.75, 3.05) is 26.8 Å². The van der Waals surface area contributed by atoms with Gasteiger partial charge in [-0.25, -0.2) is 0 Å². The number of benzene rings is 3. The van der Waals surface area contributed by atoms with Crippen LogP contribution in [0.3, 0.4) is 0 Å². The van der Waals surface area contributed by atoms with Crippen LogP contribution in [0.2, 0.25) is 5.02 Å². The van der Waals surface area contributed by atoms with Crippen molar-refractivity contribution >= 4 is 11.6 Å². The maximum Gasteiger partial charge on any atom is 0.0558 e. The third-order valence-corrected chi connectivity index (χ3v) is 5.52. The number of aliphatic hydroxyl groups is 2. The van der Waals surface area contributed by atoms with Crippen LogP contribution in [-0.2, 0) is 13.0 Å². The first-order valence-electron chi connectivity index (χ1n) is 10.4. The number of halogens is 1. The Labute approximate surface area is 185 Å². The molecule has 0 fully saturated rings. The maximum atomic E-state index is 9.51. The summed E-state index contributed by atoms with van der Waals surface area (Å²) >= 11 is 6.43. The molecule has 0 saturated heterocycles. The van der Waals surface area contributed by atoms with E-state index < -0.39 is 0 Å². The summed E-state index contributed by atoms with van der Waals surface area (Å²) in [7, 11) is 1.00. The van der Waals surface area contributed by atoms with Crippen molar-refractivity contribution < 1.29 is 10.2 Å². The Morgan fingerprint density at radius 2 is 1.40 bits per heavy atom. The van der Waals surface area contributed by atoms with Gasteiger partial charge in [0.05, 0.1) is 6.61 Å². The third kappa shape index (κ3) is 7.92. The molecule has 2 N–H and O–H groups in total. The van der Waals surface area contributed by atoms with Gasteiger partial charge >= 0.3 is 0 Å². The van der Waals surface area contributed by atoms with E-state index in [0.29, 0.717) is 12.5 Å². The van der Waals surface area contributed by atoms with E-state index in [1.807, 2.05) is 18.2 Å². The molecule has 3 aromatic carbocycles. The van der Waals surface area contributed by atoms with Gasteiger partial charge in [0.1, 0.15) is 0 Å². The predicted molar refractivity (Wildman–Crippen MR) is 126 cm³/mol. The summed E-state index contributed by atoms with van der Waals surface area (Å²) in [5.41, 5.74) is 3.80. The molecule has 0 unspecified atom stereocenters. The minimum atomic E-state index is 0.174. The van der Waals surface area contributed by atoms with Crippen LogP contribution in [0.25, 0.3) is 0 Å². The lowest BCUT2D eigenvalue weighted by atomic mass is 9.89. The second kappa shape index (κ2) is 13.9. The van der Waals surface area contributed by atoms with Crippen LogP contribution in [-0.4, -0.2) is 41.9 Å². The van der Waals surface area contributed by atoms with Crippen LogP contribution >= 0.6 is 11.6 Å². The second-order valence-electron chi connectivity index (χ2n) is 7.18. The molecule has 0 radical (unpaired) electrons. The molecule has 0 heterocycles. The Hall–Kier alpha value is -2.17. The van der Waals surface area contributed by atoms with Crippen LogP contribution in [0.1, 0.15) is 29.0 Å². The molecule has 3 rings (SSSR count). The lowest BCUT2D eigenvalue weighted by Gasteiger charge is -2.25. The minimum absolute atomic E-state index is 0.174. The molecule has 0 aliphatic heterocycles. The fourth-order valence-electron chi connectivity index (χ4n) is 3.63. The average Bonchev–Trinajstić information content (AvgIpc) is 2.80. The Morgan fingerprint density at radius 3 is 2.03 bits per heavy atom. The smallest absolute Gasteiger partial charge is 0.0558 e.